The van der Waals surface area contributed by atoms with Crippen molar-refractivity contribution in [2.75, 3.05) is 13.7 Å². The second-order valence-corrected chi connectivity index (χ2v) is 6.44. The van der Waals surface area contributed by atoms with Gasteiger partial charge >= 0.3 is 6.09 Å². The number of rotatable bonds is 7. The summed E-state index contributed by atoms with van der Waals surface area (Å²) in [6.07, 6.45) is 3.13. The number of Topliss-reactive ketones (excluding diaryl/α,β-unsaturated/α-hetero) is 1. The van der Waals surface area contributed by atoms with E-state index in [0.29, 0.717) is 10.8 Å². The van der Waals surface area contributed by atoms with Gasteiger partial charge in [-0.1, -0.05) is 11.6 Å². The third-order valence-corrected chi connectivity index (χ3v) is 3.77. The Bertz CT molecular complexity index is 714. The Morgan fingerprint density at radius 2 is 2.00 bits per heavy atom. The zero-order chi connectivity index (χ0) is 18.4. The molecule has 0 aliphatic heterocycles. The molecule has 25 heavy (non-hydrogen) atoms. The van der Waals surface area contributed by atoms with Crippen LogP contribution in [0.15, 0.2) is 43.0 Å². The first-order chi connectivity index (χ1) is 11.8. The summed E-state index contributed by atoms with van der Waals surface area (Å²) in [5, 5.41) is 2.91. The third kappa shape index (κ3) is 4.96. The number of ether oxygens (including phenoxy) is 2. The number of hydrogen-bond donors (Lipinski definition) is 1. The Morgan fingerprint density at radius 3 is 2.56 bits per heavy atom. The lowest BCUT2D eigenvalue weighted by atomic mass is 9.88. The Kier molecular flexibility index (Phi) is 6.03. The molecule has 0 aliphatic rings. The lowest BCUT2D eigenvalue weighted by Gasteiger charge is -2.28. The lowest BCUT2D eigenvalue weighted by Crippen LogP contribution is -2.39. The molecule has 0 bridgehead atoms. The summed E-state index contributed by atoms with van der Waals surface area (Å²) in [5.74, 6) is 0.226. The fourth-order valence-corrected chi connectivity index (χ4v) is 2.15. The van der Waals surface area contributed by atoms with E-state index in [1.807, 2.05) is 0 Å². The molecule has 2 rings (SSSR count). The van der Waals surface area contributed by atoms with Crippen molar-refractivity contribution in [3.05, 3.63) is 48.0 Å². The molecule has 0 saturated heterocycles. The van der Waals surface area contributed by atoms with Crippen LogP contribution in [-0.4, -0.2) is 35.1 Å². The zero-order valence-electron chi connectivity index (χ0n) is 14.2. The second-order valence-electron chi connectivity index (χ2n) is 6.01. The Labute approximate surface area is 150 Å². The minimum absolute atomic E-state index is 0.0827. The van der Waals surface area contributed by atoms with Crippen LogP contribution in [0, 0.1) is 5.41 Å². The van der Waals surface area contributed by atoms with Crippen LogP contribution in [-0.2, 0) is 9.53 Å². The first kappa shape index (κ1) is 18.8. The third-order valence-electron chi connectivity index (χ3n) is 3.52. The monoisotopic (exact) mass is 365 g/mol. The lowest BCUT2D eigenvalue weighted by molar-refractivity contribution is -0.140. The van der Waals surface area contributed by atoms with Crippen molar-refractivity contribution < 1.29 is 19.1 Å². The number of aromatic nitrogens is 2. The summed E-state index contributed by atoms with van der Waals surface area (Å²) in [4.78, 5) is 28.3. The molecule has 1 N–H and O–H groups in total. The largest absolute Gasteiger partial charge is 0.463 e. The number of hydrogen-bond acceptors (Lipinski definition) is 5. The van der Waals surface area contributed by atoms with Gasteiger partial charge < -0.3 is 14.8 Å². The van der Waals surface area contributed by atoms with Crippen molar-refractivity contribution in [1.82, 2.24) is 14.9 Å². The molecule has 8 heteroatoms. The van der Waals surface area contributed by atoms with E-state index in [-0.39, 0.29) is 12.4 Å². The van der Waals surface area contributed by atoms with E-state index in [2.05, 4.69) is 10.3 Å². The molecule has 1 unspecified atom stereocenters. The molecule has 1 aromatic heterocycles. The van der Waals surface area contributed by atoms with Gasteiger partial charge in [-0.3, -0.25) is 9.36 Å². The number of carbonyl (C=O) groups excluding carboxylic acids is 2. The molecular formula is C17H20ClN3O4. The van der Waals surface area contributed by atoms with Gasteiger partial charge in [0.15, 0.2) is 0 Å². The van der Waals surface area contributed by atoms with Crippen molar-refractivity contribution in [2.24, 2.45) is 5.41 Å². The number of nitrogens with zero attached hydrogens (tertiary/aromatic N) is 2. The van der Waals surface area contributed by atoms with Crippen molar-refractivity contribution in [1.29, 1.82) is 0 Å². The van der Waals surface area contributed by atoms with E-state index < -0.39 is 17.7 Å². The summed E-state index contributed by atoms with van der Waals surface area (Å²) in [5.41, 5.74) is -0.964. The van der Waals surface area contributed by atoms with E-state index in [0.717, 1.165) is 0 Å². The number of halogens is 1. The van der Waals surface area contributed by atoms with Crippen LogP contribution in [0.3, 0.4) is 0 Å². The SMILES string of the molecule is CNC(=O)OCC(C)(C)C(=O)C(Oc1ccc(Cl)cc1)n1ccnc1. The first-order valence-electron chi connectivity index (χ1n) is 7.62. The predicted molar refractivity (Wildman–Crippen MR) is 92.5 cm³/mol. The Balaban J connectivity index is 2.21. The molecule has 1 aromatic carbocycles. The standard InChI is InChI=1S/C17H20ClN3O4/c1-17(2,10-24-16(23)19-3)14(22)15(21-9-8-20-11-21)25-13-6-4-12(18)5-7-13/h4-9,11,15H,10H2,1-3H3,(H,19,23). The van der Waals surface area contributed by atoms with Crippen LogP contribution in [0.1, 0.15) is 20.1 Å². The van der Waals surface area contributed by atoms with Crippen LogP contribution in [0.4, 0.5) is 4.79 Å². The van der Waals surface area contributed by atoms with E-state index in [9.17, 15) is 9.59 Å². The Morgan fingerprint density at radius 1 is 1.32 bits per heavy atom. The fourth-order valence-electron chi connectivity index (χ4n) is 2.02. The number of benzene rings is 1. The normalized spacial score (nSPS) is 12.3. The van der Waals surface area contributed by atoms with Crippen LogP contribution in [0.2, 0.25) is 5.02 Å². The molecule has 1 heterocycles. The highest BCUT2D eigenvalue weighted by Gasteiger charge is 2.37. The number of ketones is 1. The summed E-state index contributed by atoms with van der Waals surface area (Å²) in [6.45, 7) is 3.29. The van der Waals surface area contributed by atoms with Gasteiger partial charge in [0.25, 0.3) is 0 Å². The van der Waals surface area contributed by atoms with Gasteiger partial charge in [0.05, 0.1) is 11.7 Å². The number of alkyl carbamates (subject to hydrolysis) is 1. The predicted octanol–water partition coefficient (Wildman–Crippen LogP) is 3.07. The minimum Gasteiger partial charge on any atom is -0.463 e. The summed E-state index contributed by atoms with van der Waals surface area (Å²) in [7, 11) is 1.45. The van der Waals surface area contributed by atoms with Crippen molar-refractivity contribution >= 4 is 23.5 Å². The van der Waals surface area contributed by atoms with Gasteiger partial charge in [-0.15, -0.1) is 0 Å². The maximum absolute atomic E-state index is 13.0. The molecule has 0 fully saturated rings. The van der Waals surface area contributed by atoms with E-state index in [1.54, 1.807) is 55.1 Å². The van der Waals surface area contributed by atoms with Gasteiger partial charge in [-0.2, -0.15) is 0 Å². The van der Waals surface area contributed by atoms with E-state index in [4.69, 9.17) is 21.1 Å². The number of imidazole rings is 1. The fraction of sp³-hybridized carbons (Fsp3) is 0.353. The molecule has 1 amide bonds. The van der Waals surface area contributed by atoms with Crippen molar-refractivity contribution in [3.8, 4) is 5.75 Å². The zero-order valence-corrected chi connectivity index (χ0v) is 15.0. The topological polar surface area (TPSA) is 82.5 Å². The smallest absolute Gasteiger partial charge is 0.406 e. The molecular weight excluding hydrogens is 346 g/mol. The molecule has 0 aliphatic carbocycles. The van der Waals surface area contributed by atoms with Crippen LogP contribution < -0.4 is 10.1 Å². The van der Waals surface area contributed by atoms with Crippen LogP contribution in [0.5, 0.6) is 5.75 Å². The number of nitrogens with one attached hydrogen (secondary N) is 1. The van der Waals surface area contributed by atoms with Crippen molar-refractivity contribution in [3.63, 3.8) is 0 Å². The van der Waals surface area contributed by atoms with Gasteiger partial charge in [0.1, 0.15) is 12.4 Å². The van der Waals surface area contributed by atoms with E-state index in [1.165, 1.54) is 13.4 Å². The summed E-state index contributed by atoms with van der Waals surface area (Å²) in [6, 6.07) is 6.69. The summed E-state index contributed by atoms with van der Waals surface area (Å²) < 4.78 is 12.4. The molecule has 0 spiro atoms. The molecule has 0 radical (unpaired) electrons. The Hall–Kier alpha value is -2.54. The van der Waals surface area contributed by atoms with Crippen LogP contribution >= 0.6 is 11.6 Å². The highest BCUT2D eigenvalue weighted by atomic mass is 35.5. The molecule has 1 atom stereocenters. The van der Waals surface area contributed by atoms with Crippen molar-refractivity contribution in [2.45, 2.75) is 20.1 Å². The average Bonchev–Trinajstić information content (AvgIpc) is 3.13. The van der Waals surface area contributed by atoms with Crippen LogP contribution in [0.25, 0.3) is 0 Å². The molecule has 0 saturated carbocycles. The second kappa shape index (κ2) is 8.02. The summed E-state index contributed by atoms with van der Waals surface area (Å²) >= 11 is 5.88. The molecule has 134 valence electrons. The van der Waals surface area contributed by atoms with Gasteiger partial charge in [0.2, 0.25) is 12.0 Å². The van der Waals surface area contributed by atoms with Gasteiger partial charge in [-0.25, -0.2) is 9.78 Å². The quantitative estimate of drug-likeness (QED) is 0.815. The average molecular weight is 366 g/mol. The molecule has 2 aromatic rings. The highest BCUT2D eigenvalue weighted by molar-refractivity contribution is 6.30. The number of carbonyl (C=O) groups is 2. The molecule has 7 nitrogen and oxygen atoms in total. The minimum atomic E-state index is -0.964. The van der Waals surface area contributed by atoms with E-state index >= 15 is 0 Å². The van der Waals surface area contributed by atoms with Gasteiger partial charge in [0, 0.05) is 24.5 Å². The van der Waals surface area contributed by atoms with Gasteiger partial charge in [-0.05, 0) is 38.1 Å². The number of amides is 1. The first-order valence-corrected chi connectivity index (χ1v) is 8.00. The maximum atomic E-state index is 13.0. The maximum Gasteiger partial charge on any atom is 0.406 e. The highest BCUT2D eigenvalue weighted by Crippen LogP contribution is 2.28.